The molecule has 4 heteroatoms. The second kappa shape index (κ2) is 5.66. The summed E-state index contributed by atoms with van der Waals surface area (Å²) in [5.74, 6) is 0. The van der Waals surface area contributed by atoms with Gasteiger partial charge in [-0.15, -0.1) is 0 Å². The van der Waals surface area contributed by atoms with Crippen LogP contribution >= 0.6 is 15.9 Å². The van der Waals surface area contributed by atoms with E-state index in [0.29, 0.717) is 5.41 Å². The molecular weight excluding hydrogens is 314 g/mol. The molecule has 0 amide bonds. The van der Waals surface area contributed by atoms with E-state index in [2.05, 4.69) is 50.9 Å². The molecule has 1 aromatic carbocycles. The second-order valence-electron chi connectivity index (χ2n) is 6.42. The first-order valence-electron chi connectivity index (χ1n) is 7.55. The van der Waals surface area contributed by atoms with Crippen LogP contribution < -0.4 is 10.6 Å². The van der Waals surface area contributed by atoms with Crippen LogP contribution in [0, 0.1) is 12.3 Å². The molecule has 0 radical (unpaired) electrons. The van der Waals surface area contributed by atoms with E-state index in [-0.39, 0.29) is 0 Å². The van der Waals surface area contributed by atoms with Crippen molar-refractivity contribution in [2.45, 2.75) is 19.8 Å². The fraction of sp³-hybridized carbons (Fsp3) is 0.625. The van der Waals surface area contributed by atoms with E-state index in [0.717, 1.165) is 13.1 Å². The normalized spacial score (nSPS) is 22.1. The number of halogens is 1. The minimum atomic E-state index is 0.593. The van der Waals surface area contributed by atoms with Gasteiger partial charge < -0.3 is 15.5 Å². The molecule has 0 unspecified atom stereocenters. The van der Waals surface area contributed by atoms with Crippen molar-refractivity contribution in [3.05, 3.63) is 28.2 Å². The van der Waals surface area contributed by atoms with Crippen LogP contribution in [0.3, 0.4) is 0 Å². The first-order chi connectivity index (χ1) is 9.62. The lowest BCUT2D eigenvalue weighted by Crippen LogP contribution is -2.61. The average Bonchev–Trinajstić information content (AvgIpc) is 2.41. The van der Waals surface area contributed by atoms with E-state index in [1.165, 1.54) is 54.7 Å². The van der Waals surface area contributed by atoms with Crippen LogP contribution in [0.15, 0.2) is 22.7 Å². The number of aryl methyl sites for hydroxylation is 1. The Labute approximate surface area is 130 Å². The maximum atomic E-state index is 5.63. The summed E-state index contributed by atoms with van der Waals surface area (Å²) < 4.78 is 1.20. The van der Waals surface area contributed by atoms with Crippen molar-refractivity contribution in [2.75, 3.05) is 44.2 Å². The number of benzene rings is 1. The number of nitrogens with zero attached hydrogens (tertiary/aromatic N) is 2. The van der Waals surface area contributed by atoms with Gasteiger partial charge in [0.1, 0.15) is 0 Å². The van der Waals surface area contributed by atoms with Crippen molar-refractivity contribution >= 4 is 21.6 Å². The molecule has 2 aliphatic rings. The molecule has 0 atom stereocenters. The second-order valence-corrected chi connectivity index (χ2v) is 7.27. The van der Waals surface area contributed by atoms with Crippen LogP contribution in [-0.4, -0.2) is 44.2 Å². The van der Waals surface area contributed by atoms with Crippen molar-refractivity contribution in [1.29, 1.82) is 0 Å². The van der Waals surface area contributed by atoms with Gasteiger partial charge in [-0.1, -0.05) is 15.9 Å². The highest BCUT2D eigenvalue weighted by Crippen LogP contribution is 2.41. The summed E-state index contributed by atoms with van der Waals surface area (Å²) in [6.45, 7) is 8.93. The minimum Gasteiger partial charge on any atom is -0.371 e. The Morgan fingerprint density at radius 1 is 1.25 bits per heavy atom. The third-order valence-electron chi connectivity index (χ3n) is 4.89. The maximum absolute atomic E-state index is 5.63. The molecule has 110 valence electrons. The van der Waals surface area contributed by atoms with Crippen molar-refractivity contribution < 1.29 is 0 Å². The molecule has 3 rings (SSSR count). The van der Waals surface area contributed by atoms with Crippen LogP contribution in [0.4, 0.5) is 5.69 Å². The fourth-order valence-electron chi connectivity index (χ4n) is 3.62. The van der Waals surface area contributed by atoms with Crippen LogP contribution in [-0.2, 0) is 0 Å². The Morgan fingerprint density at radius 3 is 2.55 bits per heavy atom. The molecule has 20 heavy (non-hydrogen) atoms. The third kappa shape index (κ3) is 2.74. The Bertz CT molecular complexity index is 473. The molecule has 0 aromatic heterocycles. The number of hydrogen-bond donors (Lipinski definition) is 1. The highest BCUT2D eigenvalue weighted by Gasteiger charge is 2.44. The van der Waals surface area contributed by atoms with E-state index in [1.54, 1.807) is 0 Å². The lowest BCUT2D eigenvalue weighted by Gasteiger charge is -2.54. The zero-order chi connectivity index (χ0) is 14.2. The summed E-state index contributed by atoms with van der Waals surface area (Å²) >= 11 is 3.58. The highest BCUT2D eigenvalue weighted by atomic mass is 79.9. The number of likely N-dealkylation sites (tertiary alicyclic amines) is 1. The van der Waals surface area contributed by atoms with Gasteiger partial charge >= 0.3 is 0 Å². The van der Waals surface area contributed by atoms with E-state index in [1.807, 2.05) is 0 Å². The largest absolute Gasteiger partial charge is 0.371 e. The topological polar surface area (TPSA) is 32.5 Å². The van der Waals surface area contributed by atoms with E-state index < -0.39 is 0 Å². The van der Waals surface area contributed by atoms with Crippen LogP contribution in [0.2, 0.25) is 0 Å². The van der Waals surface area contributed by atoms with Gasteiger partial charge in [0.05, 0.1) is 0 Å². The summed E-state index contributed by atoms with van der Waals surface area (Å²) in [4.78, 5) is 5.04. The molecule has 0 saturated carbocycles. The van der Waals surface area contributed by atoms with Gasteiger partial charge in [0, 0.05) is 49.4 Å². The molecule has 0 bridgehead atoms. The van der Waals surface area contributed by atoms with Crippen molar-refractivity contribution in [3.8, 4) is 0 Å². The number of piperidine rings is 1. The average molecular weight is 338 g/mol. The Balaban J connectivity index is 1.58. The van der Waals surface area contributed by atoms with E-state index in [4.69, 9.17) is 5.73 Å². The predicted molar refractivity (Wildman–Crippen MR) is 88.3 cm³/mol. The molecule has 3 nitrogen and oxygen atoms in total. The molecule has 2 heterocycles. The first kappa shape index (κ1) is 14.4. The molecule has 0 aliphatic carbocycles. The Hall–Kier alpha value is -0.580. The van der Waals surface area contributed by atoms with Gasteiger partial charge in [0.15, 0.2) is 0 Å². The smallest absolute Gasteiger partial charge is 0.0369 e. The van der Waals surface area contributed by atoms with E-state index >= 15 is 0 Å². The van der Waals surface area contributed by atoms with Gasteiger partial charge in [0.25, 0.3) is 0 Å². The highest BCUT2D eigenvalue weighted by molar-refractivity contribution is 9.10. The minimum absolute atomic E-state index is 0.593. The fourth-order valence-corrected chi connectivity index (χ4v) is 3.87. The first-order valence-corrected chi connectivity index (χ1v) is 8.35. The standard InChI is InChI=1S/C16H24BrN3/c1-13-10-14(2-3-15(13)17)20-7-4-16(5-8-20)11-19(12-16)9-6-18/h2-3,10H,4-9,11-12,18H2,1H3. The van der Waals surface area contributed by atoms with Gasteiger partial charge in [0.2, 0.25) is 0 Å². The van der Waals surface area contributed by atoms with Crippen molar-refractivity contribution in [1.82, 2.24) is 4.90 Å². The predicted octanol–water partition coefficient (Wildman–Crippen LogP) is 2.62. The summed E-state index contributed by atoms with van der Waals surface area (Å²) in [6, 6.07) is 6.70. The molecule has 1 spiro atoms. The van der Waals surface area contributed by atoms with Crippen molar-refractivity contribution in [3.63, 3.8) is 0 Å². The summed E-state index contributed by atoms with van der Waals surface area (Å²) in [7, 11) is 0. The van der Waals surface area contributed by atoms with Crippen molar-refractivity contribution in [2.24, 2.45) is 11.1 Å². The maximum Gasteiger partial charge on any atom is 0.0369 e. The molecule has 2 N–H and O–H groups in total. The van der Waals surface area contributed by atoms with Gasteiger partial charge in [-0.2, -0.15) is 0 Å². The Morgan fingerprint density at radius 2 is 1.95 bits per heavy atom. The zero-order valence-electron chi connectivity index (χ0n) is 12.2. The Kier molecular flexibility index (Phi) is 4.07. The van der Waals surface area contributed by atoms with E-state index in [9.17, 15) is 0 Å². The molecule has 1 aromatic rings. The molecule has 2 saturated heterocycles. The van der Waals surface area contributed by atoms with Crippen LogP contribution in [0.1, 0.15) is 18.4 Å². The third-order valence-corrected chi connectivity index (χ3v) is 5.78. The number of anilines is 1. The lowest BCUT2D eigenvalue weighted by atomic mass is 9.72. The quantitative estimate of drug-likeness (QED) is 0.920. The number of nitrogens with two attached hydrogens (primary N) is 1. The van der Waals surface area contributed by atoms with Crippen LogP contribution in [0.5, 0.6) is 0 Å². The monoisotopic (exact) mass is 337 g/mol. The van der Waals surface area contributed by atoms with Gasteiger partial charge in [-0.05, 0) is 48.9 Å². The molecule has 2 fully saturated rings. The summed E-state index contributed by atoms with van der Waals surface area (Å²) in [5, 5.41) is 0. The summed E-state index contributed by atoms with van der Waals surface area (Å²) in [5.41, 5.74) is 8.91. The SMILES string of the molecule is Cc1cc(N2CCC3(CC2)CN(CCN)C3)ccc1Br. The lowest BCUT2D eigenvalue weighted by molar-refractivity contribution is -0.0158. The van der Waals surface area contributed by atoms with Crippen LogP contribution in [0.25, 0.3) is 0 Å². The van der Waals surface area contributed by atoms with Gasteiger partial charge in [-0.25, -0.2) is 0 Å². The number of rotatable bonds is 3. The zero-order valence-corrected chi connectivity index (χ0v) is 13.8. The molecule has 2 aliphatic heterocycles. The molecular formula is C16H24BrN3. The summed E-state index contributed by atoms with van der Waals surface area (Å²) in [6.07, 6.45) is 2.65. The van der Waals surface area contributed by atoms with Gasteiger partial charge in [-0.3, -0.25) is 0 Å². The number of hydrogen-bond acceptors (Lipinski definition) is 3.